The molecule has 0 aliphatic heterocycles. The molecule has 1 N–H and O–H groups in total. The summed E-state index contributed by atoms with van der Waals surface area (Å²) in [6.07, 6.45) is 5.59. The van der Waals surface area contributed by atoms with Gasteiger partial charge < -0.3 is 5.11 Å². The summed E-state index contributed by atoms with van der Waals surface area (Å²) in [5.41, 5.74) is 1.86. The molecular formula is C11H18O2. The minimum Gasteiger partial charge on any atom is -0.478 e. The van der Waals surface area contributed by atoms with Crippen LogP contribution in [0.25, 0.3) is 0 Å². The number of allylic oxidation sites excluding steroid dienone is 1. The van der Waals surface area contributed by atoms with Crippen molar-refractivity contribution in [3.05, 3.63) is 11.1 Å². The van der Waals surface area contributed by atoms with Crippen molar-refractivity contribution in [1.82, 2.24) is 0 Å². The van der Waals surface area contributed by atoms with Crippen molar-refractivity contribution < 1.29 is 9.90 Å². The van der Waals surface area contributed by atoms with Crippen LogP contribution in [0.4, 0.5) is 0 Å². The van der Waals surface area contributed by atoms with Crippen molar-refractivity contribution in [3.8, 4) is 0 Å². The summed E-state index contributed by atoms with van der Waals surface area (Å²) in [5.74, 6) is -0.558. The summed E-state index contributed by atoms with van der Waals surface area (Å²) in [5, 5.41) is 9.04. The normalized spacial score (nSPS) is 17.6. The molecule has 1 aliphatic carbocycles. The number of aliphatic carboxylic acids is 1. The van der Waals surface area contributed by atoms with Crippen LogP contribution in [0, 0.1) is 5.92 Å². The number of rotatable bonds is 2. The van der Waals surface area contributed by atoms with Crippen molar-refractivity contribution in [3.63, 3.8) is 0 Å². The van der Waals surface area contributed by atoms with Crippen molar-refractivity contribution in [2.75, 3.05) is 0 Å². The number of hydrogen-bond acceptors (Lipinski definition) is 1. The number of carboxylic acid groups (broad SMARTS) is 1. The SMILES string of the molecule is CC(C)C(C(=O)O)=C1CCCCC1. The number of carbonyl (C=O) groups is 1. The third-order valence-corrected chi connectivity index (χ3v) is 2.65. The number of carboxylic acids is 1. The maximum Gasteiger partial charge on any atom is 0.331 e. The zero-order valence-corrected chi connectivity index (χ0v) is 8.47. The molecule has 2 heteroatoms. The Morgan fingerprint density at radius 3 is 2.15 bits per heavy atom. The molecule has 1 saturated carbocycles. The van der Waals surface area contributed by atoms with Crippen molar-refractivity contribution in [1.29, 1.82) is 0 Å². The van der Waals surface area contributed by atoms with E-state index >= 15 is 0 Å². The van der Waals surface area contributed by atoms with Crippen LogP contribution in [0.2, 0.25) is 0 Å². The predicted molar refractivity (Wildman–Crippen MR) is 52.6 cm³/mol. The van der Waals surface area contributed by atoms with E-state index in [-0.39, 0.29) is 5.92 Å². The Labute approximate surface area is 79.6 Å². The quantitative estimate of drug-likeness (QED) is 0.666. The summed E-state index contributed by atoms with van der Waals surface area (Å²) in [7, 11) is 0. The molecule has 0 spiro atoms. The topological polar surface area (TPSA) is 37.3 Å². The van der Waals surface area contributed by atoms with E-state index in [4.69, 9.17) is 5.11 Å². The Bertz CT molecular complexity index is 218. The van der Waals surface area contributed by atoms with Crippen molar-refractivity contribution >= 4 is 5.97 Å². The van der Waals surface area contributed by atoms with Gasteiger partial charge in [0.2, 0.25) is 0 Å². The van der Waals surface area contributed by atoms with E-state index in [1.54, 1.807) is 0 Å². The first-order valence-corrected chi connectivity index (χ1v) is 5.08. The third kappa shape index (κ3) is 2.58. The Hall–Kier alpha value is -0.790. The van der Waals surface area contributed by atoms with Gasteiger partial charge in [0, 0.05) is 5.57 Å². The van der Waals surface area contributed by atoms with E-state index in [1.807, 2.05) is 13.8 Å². The fourth-order valence-corrected chi connectivity index (χ4v) is 2.05. The van der Waals surface area contributed by atoms with Gasteiger partial charge in [0.05, 0.1) is 0 Å². The van der Waals surface area contributed by atoms with Crippen LogP contribution in [0.3, 0.4) is 0 Å². The zero-order valence-electron chi connectivity index (χ0n) is 8.47. The Morgan fingerprint density at radius 2 is 1.77 bits per heavy atom. The van der Waals surface area contributed by atoms with Crippen LogP contribution in [0.5, 0.6) is 0 Å². The molecule has 0 atom stereocenters. The molecular weight excluding hydrogens is 164 g/mol. The Kier molecular flexibility index (Phi) is 3.52. The highest BCUT2D eigenvalue weighted by molar-refractivity contribution is 5.88. The summed E-state index contributed by atoms with van der Waals surface area (Å²) >= 11 is 0. The van der Waals surface area contributed by atoms with E-state index < -0.39 is 5.97 Å². The average molecular weight is 182 g/mol. The lowest BCUT2D eigenvalue weighted by molar-refractivity contribution is -0.133. The van der Waals surface area contributed by atoms with Crippen LogP contribution in [0.15, 0.2) is 11.1 Å². The molecule has 0 amide bonds. The fourth-order valence-electron chi connectivity index (χ4n) is 2.05. The van der Waals surface area contributed by atoms with Crippen molar-refractivity contribution in [2.45, 2.75) is 46.0 Å². The maximum atomic E-state index is 11.0. The van der Waals surface area contributed by atoms with Crippen LogP contribution in [-0.2, 0) is 4.79 Å². The minimum atomic E-state index is -0.716. The molecule has 0 saturated heterocycles. The molecule has 0 aromatic heterocycles. The van der Waals surface area contributed by atoms with Gasteiger partial charge in [-0.25, -0.2) is 4.79 Å². The molecule has 0 bridgehead atoms. The first-order chi connectivity index (χ1) is 6.13. The van der Waals surface area contributed by atoms with Crippen molar-refractivity contribution in [2.24, 2.45) is 5.92 Å². The summed E-state index contributed by atoms with van der Waals surface area (Å²) < 4.78 is 0. The first-order valence-electron chi connectivity index (χ1n) is 5.08. The van der Waals surface area contributed by atoms with Gasteiger partial charge in [-0.2, -0.15) is 0 Å². The first kappa shape index (κ1) is 10.3. The lowest BCUT2D eigenvalue weighted by Gasteiger charge is -2.18. The lowest BCUT2D eigenvalue weighted by Crippen LogP contribution is -2.12. The molecule has 1 rings (SSSR count). The molecule has 0 aromatic rings. The van der Waals surface area contributed by atoms with Gasteiger partial charge in [-0.1, -0.05) is 25.8 Å². The second kappa shape index (κ2) is 4.45. The van der Waals surface area contributed by atoms with E-state index in [2.05, 4.69) is 0 Å². The van der Waals surface area contributed by atoms with Gasteiger partial charge >= 0.3 is 5.97 Å². The molecule has 0 heterocycles. The van der Waals surface area contributed by atoms with E-state index in [1.165, 1.54) is 24.8 Å². The number of hydrogen-bond donors (Lipinski definition) is 1. The molecule has 2 nitrogen and oxygen atoms in total. The monoisotopic (exact) mass is 182 g/mol. The smallest absolute Gasteiger partial charge is 0.331 e. The molecule has 13 heavy (non-hydrogen) atoms. The second-order valence-corrected chi connectivity index (χ2v) is 4.04. The van der Waals surface area contributed by atoms with Gasteiger partial charge in [0.1, 0.15) is 0 Å². The van der Waals surface area contributed by atoms with Gasteiger partial charge in [-0.05, 0) is 31.6 Å². The fraction of sp³-hybridized carbons (Fsp3) is 0.727. The lowest BCUT2D eigenvalue weighted by atomic mass is 9.87. The van der Waals surface area contributed by atoms with Crippen LogP contribution in [0.1, 0.15) is 46.0 Å². The minimum absolute atomic E-state index is 0.158. The predicted octanol–water partition coefficient (Wildman–Crippen LogP) is 2.99. The third-order valence-electron chi connectivity index (χ3n) is 2.65. The molecule has 0 aromatic carbocycles. The standard InChI is InChI=1S/C11H18O2/c1-8(2)10(11(12)13)9-6-4-3-5-7-9/h8H,3-7H2,1-2H3,(H,12,13). The maximum absolute atomic E-state index is 11.0. The Balaban J connectivity index is 2.86. The van der Waals surface area contributed by atoms with Gasteiger partial charge in [-0.15, -0.1) is 0 Å². The van der Waals surface area contributed by atoms with Gasteiger partial charge in [0.25, 0.3) is 0 Å². The highest BCUT2D eigenvalue weighted by Gasteiger charge is 2.19. The zero-order chi connectivity index (χ0) is 9.84. The van der Waals surface area contributed by atoms with Crippen LogP contribution >= 0.6 is 0 Å². The molecule has 1 aliphatic rings. The summed E-state index contributed by atoms with van der Waals surface area (Å²) in [6, 6.07) is 0. The van der Waals surface area contributed by atoms with E-state index in [9.17, 15) is 4.79 Å². The van der Waals surface area contributed by atoms with E-state index in [0.29, 0.717) is 5.57 Å². The highest BCUT2D eigenvalue weighted by Crippen LogP contribution is 2.28. The Morgan fingerprint density at radius 1 is 1.23 bits per heavy atom. The average Bonchev–Trinajstić information content (AvgIpc) is 2.04. The molecule has 0 unspecified atom stereocenters. The van der Waals surface area contributed by atoms with Gasteiger partial charge in [0.15, 0.2) is 0 Å². The van der Waals surface area contributed by atoms with Crippen LogP contribution in [-0.4, -0.2) is 11.1 Å². The molecule has 1 fully saturated rings. The van der Waals surface area contributed by atoms with Crippen LogP contribution < -0.4 is 0 Å². The molecule has 0 radical (unpaired) electrons. The summed E-state index contributed by atoms with van der Waals surface area (Å²) in [4.78, 5) is 11.0. The van der Waals surface area contributed by atoms with Gasteiger partial charge in [-0.3, -0.25) is 0 Å². The molecule has 74 valence electrons. The summed E-state index contributed by atoms with van der Waals surface area (Å²) in [6.45, 7) is 3.93. The highest BCUT2D eigenvalue weighted by atomic mass is 16.4. The second-order valence-electron chi connectivity index (χ2n) is 4.04. The van der Waals surface area contributed by atoms with E-state index in [0.717, 1.165) is 12.8 Å². The largest absolute Gasteiger partial charge is 0.478 e.